The van der Waals surface area contributed by atoms with E-state index in [1.165, 1.54) is 7.11 Å². The van der Waals surface area contributed by atoms with Crippen LogP contribution in [0.5, 0.6) is 0 Å². The Morgan fingerprint density at radius 3 is 2.60 bits per heavy atom. The molecule has 1 aliphatic rings. The first-order valence-corrected chi connectivity index (χ1v) is 7.20. The van der Waals surface area contributed by atoms with Crippen LogP contribution in [0, 0.1) is 0 Å². The zero-order valence-electron chi connectivity index (χ0n) is 12.6. The van der Waals surface area contributed by atoms with Crippen molar-refractivity contribution in [2.75, 3.05) is 27.2 Å². The maximum absolute atomic E-state index is 12.2. The largest absolute Gasteiger partial charge is 0.468 e. The number of esters is 1. The van der Waals surface area contributed by atoms with Crippen molar-refractivity contribution in [1.82, 2.24) is 10.2 Å². The normalized spacial score (nSPS) is 18.4. The zero-order chi connectivity index (χ0) is 15.2. The van der Waals surface area contributed by atoms with E-state index in [9.17, 15) is 13.6 Å². The second kappa shape index (κ2) is 7.88. The highest BCUT2D eigenvalue weighted by molar-refractivity contribution is 5.80. The zero-order valence-corrected chi connectivity index (χ0v) is 12.6. The standard InChI is InChI=1S/C14H26F2N2O2/c1-14(13(19)20-3,17-11-6-7-11)8-4-5-9-18(2)10-12(15)16/h11-12,17H,4-10H2,1-3H3. The average molecular weight is 292 g/mol. The molecule has 0 amide bonds. The summed E-state index contributed by atoms with van der Waals surface area (Å²) in [5.41, 5.74) is -0.656. The fourth-order valence-corrected chi connectivity index (χ4v) is 2.32. The SMILES string of the molecule is COC(=O)C(C)(CCCCN(C)CC(F)F)NC1CC1. The van der Waals surface area contributed by atoms with Gasteiger partial charge in [-0.3, -0.25) is 10.1 Å². The maximum Gasteiger partial charge on any atom is 0.325 e. The number of carbonyl (C=O) groups excluding carboxylic acids is 1. The lowest BCUT2D eigenvalue weighted by Gasteiger charge is -2.28. The number of nitrogens with one attached hydrogen (secondary N) is 1. The fourth-order valence-electron chi connectivity index (χ4n) is 2.32. The summed E-state index contributed by atoms with van der Waals surface area (Å²) in [5, 5.41) is 3.33. The predicted molar refractivity (Wildman–Crippen MR) is 73.9 cm³/mol. The molecule has 1 fully saturated rings. The van der Waals surface area contributed by atoms with Gasteiger partial charge in [0, 0.05) is 6.04 Å². The van der Waals surface area contributed by atoms with Crippen LogP contribution < -0.4 is 5.32 Å². The van der Waals surface area contributed by atoms with Crippen molar-refractivity contribution in [2.24, 2.45) is 0 Å². The van der Waals surface area contributed by atoms with E-state index >= 15 is 0 Å². The number of unbranched alkanes of at least 4 members (excludes halogenated alkanes) is 1. The molecule has 6 heteroatoms. The molecular weight excluding hydrogens is 266 g/mol. The number of hydrogen-bond acceptors (Lipinski definition) is 4. The molecule has 0 bridgehead atoms. The van der Waals surface area contributed by atoms with Crippen LogP contribution in [0.2, 0.25) is 0 Å². The number of ether oxygens (including phenoxy) is 1. The van der Waals surface area contributed by atoms with Crippen molar-refractivity contribution in [3.8, 4) is 0 Å². The van der Waals surface area contributed by atoms with Crippen LogP contribution in [0.1, 0.15) is 39.0 Å². The van der Waals surface area contributed by atoms with E-state index in [2.05, 4.69) is 5.32 Å². The summed E-state index contributed by atoms with van der Waals surface area (Å²) in [6, 6.07) is 0.417. The molecule has 0 radical (unpaired) electrons. The minimum Gasteiger partial charge on any atom is -0.468 e. The molecule has 1 saturated carbocycles. The highest BCUT2D eigenvalue weighted by Crippen LogP contribution is 2.26. The first-order chi connectivity index (χ1) is 9.37. The molecular formula is C14H26F2N2O2. The van der Waals surface area contributed by atoms with Gasteiger partial charge in [-0.05, 0) is 52.6 Å². The third kappa shape index (κ3) is 6.13. The van der Waals surface area contributed by atoms with E-state index < -0.39 is 12.0 Å². The average Bonchev–Trinajstić information content (AvgIpc) is 3.16. The molecule has 0 spiro atoms. The molecule has 0 aliphatic heterocycles. The molecule has 0 heterocycles. The van der Waals surface area contributed by atoms with Gasteiger partial charge >= 0.3 is 5.97 Å². The summed E-state index contributed by atoms with van der Waals surface area (Å²) in [4.78, 5) is 13.5. The molecule has 1 rings (SSSR count). The van der Waals surface area contributed by atoms with Gasteiger partial charge in [-0.25, -0.2) is 8.78 Å². The number of alkyl halides is 2. The summed E-state index contributed by atoms with van der Waals surface area (Å²) < 4.78 is 29.2. The van der Waals surface area contributed by atoms with E-state index in [0.717, 1.165) is 25.7 Å². The maximum atomic E-state index is 12.2. The van der Waals surface area contributed by atoms with E-state index in [1.807, 2.05) is 6.92 Å². The van der Waals surface area contributed by atoms with Crippen molar-refractivity contribution >= 4 is 5.97 Å². The number of methoxy groups -OCH3 is 1. The summed E-state index contributed by atoms with van der Waals surface area (Å²) in [6.07, 6.45) is 2.17. The molecule has 1 unspecified atom stereocenters. The molecule has 0 aromatic rings. The van der Waals surface area contributed by atoms with Crippen LogP contribution in [0.15, 0.2) is 0 Å². The van der Waals surface area contributed by atoms with E-state index in [-0.39, 0.29) is 12.5 Å². The van der Waals surface area contributed by atoms with E-state index in [1.54, 1.807) is 11.9 Å². The van der Waals surface area contributed by atoms with Gasteiger partial charge in [0.2, 0.25) is 0 Å². The number of nitrogens with zero attached hydrogens (tertiary/aromatic N) is 1. The molecule has 1 aliphatic carbocycles. The third-order valence-electron chi connectivity index (χ3n) is 3.65. The number of halogens is 2. The van der Waals surface area contributed by atoms with Crippen molar-refractivity contribution in [3.63, 3.8) is 0 Å². The minimum absolute atomic E-state index is 0.200. The lowest BCUT2D eigenvalue weighted by atomic mass is 9.94. The summed E-state index contributed by atoms with van der Waals surface area (Å²) >= 11 is 0. The van der Waals surface area contributed by atoms with Gasteiger partial charge in [-0.15, -0.1) is 0 Å². The molecule has 20 heavy (non-hydrogen) atoms. The first kappa shape index (κ1) is 17.3. The highest BCUT2D eigenvalue weighted by Gasteiger charge is 2.38. The molecule has 1 atom stereocenters. The molecule has 118 valence electrons. The van der Waals surface area contributed by atoms with E-state index in [4.69, 9.17) is 4.74 Å². The van der Waals surface area contributed by atoms with Gasteiger partial charge in [-0.2, -0.15) is 0 Å². The first-order valence-electron chi connectivity index (χ1n) is 7.20. The summed E-state index contributed by atoms with van der Waals surface area (Å²) in [7, 11) is 3.08. The third-order valence-corrected chi connectivity index (χ3v) is 3.65. The number of carbonyl (C=O) groups is 1. The van der Waals surface area contributed by atoms with Crippen LogP contribution in [0.25, 0.3) is 0 Å². The Labute approximate surface area is 119 Å². The molecule has 4 nitrogen and oxygen atoms in total. The van der Waals surface area contributed by atoms with Crippen molar-refractivity contribution in [3.05, 3.63) is 0 Å². The monoisotopic (exact) mass is 292 g/mol. The Balaban J connectivity index is 2.29. The quantitative estimate of drug-likeness (QED) is 0.494. The topological polar surface area (TPSA) is 41.6 Å². The minimum atomic E-state index is -2.29. The number of hydrogen-bond donors (Lipinski definition) is 1. The number of rotatable bonds is 10. The van der Waals surface area contributed by atoms with Gasteiger partial charge < -0.3 is 9.64 Å². The van der Waals surface area contributed by atoms with Gasteiger partial charge in [0.25, 0.3) is 6.43 Å². The molecule has 0 aromatic heterocycles. The van der Waals surface area contributed by atoms with Gasteiger partial charge in [0.05, 0.1) is 13.7 Å². The Morgan fingerprint density at radius 2 is 2.10 bits per heavy atom. The van der Waals surface area contributed by atoms with Crippen LogP contribution in [0.4, 0.5) is 8.78 Å². The van der Waals surface area contributed by atoms with Gasteiger partial charge in [0.15, 0.2) is 0 Å². The lowest BCUT2D eigenvalue weighted by Crippen LogP contribution is -2.51. The van der Waals surface area contributed by atoms with Crippen LogP contribution >= 0.6 is 0 Å². The summed E-state index contributed by atoms with van der Waals surface area (Å²) in [6.45, 7) is 2.28. The molecule has 0 aromatic carbocycles. The molecule has 1 N–H and O–H groups in total. The Bertz CT molecular complexity index is 312. The van der Waals surface area contributed by atoms with Gasteiger partial charge in [-0.1, -0.05) is 0 Å². The van der Waals surface area contributed by atoms with Crippen LogP contribution in [-0.2, 0) is 9.53 Å². The van der Waals surface area contributed by atoms with E-state index in [0.29, 0.717) is 19.0 Å². The van der Waals surface area contributed by atoms with Crippen molar-refractivity contribution < 1.29 is 18.3 Å². The van der Waals surface area contributed by atoms with Crippen molar-refractivity contribution in [2.45, 2.75) is 57.0 Å². The van der Waals surface area contributed by atoms with Gasteiger partial charge in [0.1, 0.15) is 5.54 Å². The summed E-state index contributed by atoms with van der Waals surface area (Å²) in [5.74, 6) is -0.245. The Hall–Kier alpha value is -0.750. The fraction of sp³-hybridized carbons (Fsp3) is 0.929. The second-order valence-electron chi connectivity index (χ2n) is 5.85. The second-order valence-corrected chi connectivity index (χ2v) is 5.85. The van der Waals surface area contributed by atoms with Crippen molar-refractivity contribution in [1.29, 1.82) is 0 Å². The van der Waals surface area contributed by atoms with Crippen LogP contribution in [-0.4, -0.2) is 56.1 Å². The smallest absolute Gasteiger partial charge is 0.325 e. The Morgan fingerprint density at radius 1 is 1.45 bits per heavy atom. The van der Waals surface area contributed by atoms with Crippen LogP contribution in [0.3, 0.4) is 0 Å². The Kier molecular flexibility index (Phi) is 6.82. The highest BCUT2D eigenvalue weighted by atomic mass is 19.3. The predicted octanol–water partition coefficient (Wildman–Crippen LogP) is 2.04. The lowest BCUT2D eigenvalue weighted by molar-refractivity contribution is -0.148. The molecule has 0 saturated heterocycles.